The van der Waals surface area contributed by atoms with Crippen LogP contribution in [-0.2, 0) is 35.3 Å². The fraction of sp³-hybridized carbons (Fsp3) is 0.444. The van der Waals surface area contributed by atoms with Crippen LogP contribution in [0.4, 0.5) is 26.3 Å². The maximum atomic E-state index is 13.7. The minimum absolute atomic E-state index is 0.000783. The van der Waals surface area contributed by atoms with Crippen LogP contribution in [0.1, 0.15) is 23.6 Å². The van der Waals surface area contributed by atoms with Crippen LogP contribution < -0.4 is 5.73 Å². The number of aliphatic hydroxyl groups excluding tert-OH is 1. The van der Waals surface area contributed by atoms with E-state index in [-0.39, 0.29) is 43.9 Å². The summed E-state index contributed by atoms with van der Waals surface area (Å²) in [5.74, 6) is -6.34. The number of alkyl halides is 3. The first-order chi connectivity index (χ1) is 15.3. The Morgan fingerprint density at radius 3 is 2.27 bits per heavy atom. The van der Waals surface area contributed by atoms with Gasteiger partial charge in [-0.3, -0.25) is 4.79 Å². The molecule has 0 saturated heterocycles. The number of fused-ring (bicyclic) bond motifs is 1. The van der Waals surface area contributed by atoms with Crippen LogP contribution in [-0.4, -0.2) is 60.9 Å². The second kappa shape index (κ2) is 10.6. The highest BCUT2D eigenvalue weighted by Crippen LogP contribution is 2.29. The highest BCUT2D eigenvalue weighted by molar-refractivity contribution is 5.77. The molecule has 0 fully saturated rings. The molecule has 0 saturated carbocycles. The third-order valence-electron chi connectivity index (χ3n) is 4.50. The molecule has 2 aromatic rings. The lowest BCUT2D eigenvalue weighted by molar-refractivity contribution is -0.148. The molecule has 0 radical (unpaired) electrons. The first-order valence-corrected chi connectivity index (χ1v) is 9.32. The number of carboxylic acids is 1. The average Bonchev–Trinajstić information content (AvgIpc) is 3.16. The van der Waals surface area contributed by atoms with Gasteiger partial charge < -0.3 is 25.4 Å². The summed E-state index contributed by atoms with van der Waals surface area (Å²) in [6.45, 7) is -1.08. The number of hydrogen-bond acceptors (Lipinski definition) is 6. The van der Waals surface area contributed by atoms with Crippen molar-refractivity contribution in [3.8, 4) is 0 Å². The number of carbonyl (C=O) groups is 2. The lowest BCUT2D eigenvalue weighted by atomic mass is 10.0. The molecule has 9 nitrogen and oxygen atoms in total. The molecule has 182 valence electrons. The van der Waals surface area contributed by atoms with E-state index < -0.39 is 54.0 Å². The van der Waals surface area contributed by atoms with Gasteiger partial charge in [0.2, 0.25) is 11.7 Å². The zero-order valence-corrected chi connectivity index (χ0v) is 16.8. The number of carboxylic acid groups (broad SMARTS) is 1. The Morgan fingerprint density at radius 1 is 1.09 bits per heavy atom. The number of hydrogen-bond donors (Lipinski definition) is 3. The molecular weight excluding hydrogens is 464 g/mol. The first kappa shape index (κ1) is 26.1. The minimum Gasteiger partial charge on any atom is -0.480 e. The third-order valence-corrected chi connectivity index (χ3v) is 4.50. The van der Waals surface area contributed by atoms with Crippen molar-refractivity contribution in [2.45, 2.75) is 38.1 Å². The molecule has 33 heavy (non-hydrogen) atoms. The van der Waals surface area contributed by atoms with Crippen molar-refractivity contribution >= 4 is 11.9 Å². The summed E-state index contributed by atoms with van der Waals surface area (Å²) in [5, 5.41) is 21.6. The van der Waals surface area contributed by atoms with Gasteiger partial charge in [-0.05, 0) is 18.1 Å². The quantitative estimate of drug-likeness (QED) is 0.428. The molecule has 0 aliphatic carbocycles. The third kappa shape index (κ3) is 6.89. The van der Waals surface area contributed by atoms with Gasteiger partial charge in [-0.1, -0.05) is 0 Å². The molecule has 1 atom stereocenters. The van der Waals surface area contributed by atoms with Gasteiger partial charge in [0.15, 0.2) is 17.5 Å². The number of carbonyl (C=O) groups excluding carboxylic acids is 1. The number of nitrogens with two attached hydrogens (primary N) is 1. The predicted molar refractivity (Wildman–Crippen MR) is 97.8 cm³/mol. The van der Waals surface area contributed by atoms with E-state index >= 15 is 0 Å². The van der Waals surface area contributed by atoms with Crippen molar-refractivity contribution in [2.24, 2.45) is 5.73 Å². The van der Waals surface area contributed by atoms with E-state index in [9.17, 15) is 31.1 Å². The van der Waals surface area contributed by atoms with Gasteiger partial charge in [0.1, 0.15) is 12.4 Å². The topological polar surface area (TPSA) is 135 Å². The Labute approximate surface area is 182 Å². The molecule has 0 bridgehead atoms. The maximum absolute atomic E-state index is 13.7. The van der Waals surface area contributed by atoms with Crippen LogP contribution in [0.15, 0.2) is 12.1 Å². The first-order valence-electron chi connectivity index (χ1n) is 9.32. The van der Waals surface area contributed by atoms with Crippen LogP contribution >= 0.6 is 0 Å². The molecular formula is C18H19F6N5O4. The van der Waals surface area contributed by atoms with Crippen LogP contribution in [0.3, 0.4) is 0 Å². The van der Waals surface area contributed by atoms with E-state index in [2.05, 4.69) is 10.2 Å². The van der Waals surface area contributed by atoms with Crippen molar-refractivity contribution in [3.05, 3.63) is 46.8 Å². The van der Waals surface area contributed by atoms with Crippen LogP contribution in [0.5, 0.6) is 0 Å². The molecule has 4 N–H and O–H groups in total. The number of nitrogens with zero attached hydrogens (tertiary/aromatic N) is 4. The summed E-state index contributed by atoms with van der Waals surface area (Å²) in [4.78, 5) is 22.7. The second-order valence-electron chi connectivity index (χ2n) is 6.98. The van der Waals surface area contributed by atoms with Gasteiger partial charge in [-0.25, -0.2) is 18.0 Å². The molecule has 1 aliphatic heterocycles. The Kier molecular flexibility index (Phi) is 8.38. The summed E-state index contributed by atoms with van der Waals surface area (Å²) < 4.78 is 79.3. The van der Waals surface area contributed by atoms with Crippen molar-refractivity contribution in [2.75, 3.05) is 13.2 Å². The van der Waals surface area contributed by atoms with Crippen LogP contribution in [0, 0.1) is 17.5 Å². The summed E-state index contributed by atoms with van der Waals surface area (Å²) in [5.41, 5.74) is 5.64. The zero-order chi connectivity index (χ0) is 24.9. The monoisotopic (exact) mass is 483 g/mol. The Morgan fingerprint density at radius 2 is 1.70 bits per heavy atom. The number of aliphatic hydroxyl groups is 1. The molecule has 1 aromatic carbocycles. The Balaban J connectivity index is 0.000000696. The Bertz CT molecular complexity index is 1010. The lowest BCUT2D eigenvalue weighted by Crippen LogP contribution is -2.42. The van der Waals surface area contributed by atoms with E-state index in [0.29, 0.717) is 12.1 Å². The maximum Gasteiger partial charge on any atom is 0.451 e. The van der Waals surface area contributed by atoms with E-state index in [1.165, 1.54) is 4.90 Å². The molecule has 1 aromatic heterocycles. The summed E-state index contributed by atoms with van der Waals surface area (Å²) >= 11 is 0. The van der Waals surface area contributed by atoms with Gasteiger partial charge in [0.25, 0.3) is 0 Å². The smallest absolute Gasteiger partial charge is 0.451 e. The van der Waals surface area contributed by atoms with E-state index in [4.69, 9.17) is 20.7 Å². The van der Waals surface area contributed by atoms with Gasteiger partial charge >= 0.3 is 12.1 Å². The van der Waals surface area contributed by atoms with Gasteiger partial charge in [0, 0.05) is 31.6 Å². The Hall–Kier alpha value is -3.20. The molecule has 1 aliphatic rings. The summed E-state index contributed by atoms with van der Waals surface area (Å²) in [6, 6.07) is 0.184. The number of rotatable bonds is 5. The normalized spacial score (nSPS) is 14.2. The number of aliphatic carboxylic acids is 1. The number of amides is 1. The highest BCUT2D eigenvalue weighted by Gasteiger charge is 2.40. The molecule has 2 heterocycles. The second-order valence-corrected chi connectivity index (χ2v) is 6.98. The molecule has 15 heteroatoms. The van der Waals surface area contributed by atoms with Gasteiger partial charge in [-0.2, -0.15) is 13.2 Å². The van der Waals surface area contributed by atoms with Crippen molar-refractivity contribution < 1.29 is 46.1 Å². The van der Waals surface area contributed by atoms with Gasteiger partial charge in [-0.15, -0.1) is 10.2 Å². The van der Waals surface area contributed by atoms with Crippen molar-refractivity contribution in [1.29, 1.82) is 0 Å². The van der Waals surface area contributed by atoms with Gasteiger partial charge in [0.05, 0.1) is 6.54 Å². The van der Waals surface area contributed by atoms with Crippen LogP contribution in [0.25, 0.3) is 0 Å². The fourth-order valence-electron chi connectivity index (χ4n) is 3.01. The lowest BCUT2D eigenvalue weighted by Gasteiger charge is -2.29. The molecule has 0 unspecified atom stereocenters. The minimum atomic E-state index is -4.64. The molecule has 1 amide bonds. The number of aromatic nitrogens is 3. The summed E-state index contributed by atoms with van der Waals surface area (Å²) in [6.07, 6.45) is -5.11. The summed E-state index contributed by atoms with van der Waals surface area (Å²) in [7, 11) is 0. The van der Waals surface area contributed by atoms with Crippen LogP contribution in [0.2, 0.25) is 0 Å². The number of benzene rings is 1. The average molecular weight is 483 g/mol. The predicted octanol–water partition coefficient (Wildman–Crippen LogP) is 1.08. The zero-order valence-electron chi connectivity index (χ0n) is 16.8. The largest absolute Gasteiger partial charge is 0.480 e. The van der Waals surface area contributed by atoms with E-state index in [1.807, 2.05) is 0 Å². The highest BCUT2D eigenvalue weighted by atomic mass is 19.4. The van der Waals surface area contributed by atoms with E-state index in [0.717, 1.165) is 4.57 Å². The number of halogens is 6. The van der Waals surface area contributed by atoms with Crippen molar-refractivity contribution in [3.63, 3.8) is 0 Å². The fourth-order valence-corrected chi connectivity index (χ4v) is 3.01. The standard InChI is InChI=1S/C16H15F6N5O.C2H4O3/c17-10-6-12(19)11(18)4-8(10)3-9(23)5-14(28)26-1-2-27-13(7-26)24-25-15(27)16(20,21)22;3-1-2(4)5/h4,6,9H,1-3,5,7,23H2;3H,1H2,(H,4,5)/t9-;/m1./s1. The molecule has 3 rings (SSSR count). The molecule has 0 spiro atoms. The van der Waals surface area contributed by atoms with E-state index in [1.54, 1.807) is 0 Å². The SMILES string of the molecule is N[C@@H](CC(=O)N1CCn2c(nnc2C(F)(F)F)C1)Cc1cc(F)c(F)cc1F.O=C(O)CO. The van der Waals surface area contributed by atoms with Crippen molar-refractivity contribution in [1.82, 2.24) is 19.7 Å².